The zero-order valence-electron chi connectivity index (χ0n) is 11.7. The lowest BCUT2D eigenvalue weighted by Crippen LogP contribution is -2.46. The number of carbonyl (C=O) groups is 1. The Kier molecular flexibility index (Phi) is 4.59. The second-order valence-corrected chi connectivity index (χ2v) is 5.53. The zero-order valence-corrected chi connectivity index (χ0v) is 11.7. The summed E-state index contributed by atoms with van der Waals surface area (Å²) in [4.78, 5) is 16.6. The summed E-state index contributed by atoms with van der Waals surface area (Å²) in [7, 11) is 5.95. The molecule has 2 rings (SSSR count). The summed E-state index contributed by atoms with van der Waals surface area (Å²) >= 11 is 0. The molecule has 0 bridgehead atoms. The van der Waals surface area contributed by atoms with Crippen molar-refractivity contribution in [2.45, 2.75) is 24.9 Å². The molecule has 2 fully saturated rings. The number of nitrogens with one attached hydrogen (secondary N) is 1. The van der Waals surface area contributed by atoms with Crippen molar-refractivity contribution >= 4 is 5.91 Å². The van der Waals surface area contributed by atoms with E-state index in [1.165, 1.54) is 12.8 Å². The number of nitrogens with zero attached hydrogens (tertiary/aromatic N) is 2. The highest BCUT2D eigenvalue weighted by atomic mass is 16.5. The molecule has 3 atom stereocenters. The Morgan fingerprint density at radius 2 is 2.28 bits per heavy atom. The molecule has 0 radical (unpaired) electrons. The molecular formula is C13H25N3O2. The van der Waals surface area contributed by atoms with Gasteiger partial charge in [0.15, 0.2) is 0 Å². The average molecular weight is 255 g/mol. The van der Waals surface area contributed by atoms with Gasteiger partial charge >= 0.3 is 0 Å². The maximum absolute atomic E-state index is 12.4. The number of hydrogen-bond acceptors (Lipinski definition) is 4. The van der Waals surface area contributed by atoms with Crippen molar-refractivity contribution in [1.82, 2.24) is 15.1 Å². The number of likely N-dealkylation sites (N-methyl/N-ethyl adjacent to an activating group) is 3. The van der Waals surface area contributed by atoms with Crippen LogP contribution in [0.3, 0.4) is 0 Å². The SMILES string of the molecule is CNC1COCC1C(=O)N(C)CC1CCCN1C. The van der Waals surface area contributed by atoms with E-state index in [-0.39, 0.29) is 17.9 Å². The molecule has 1 amide bonds. The van der Waals surface area contributed by atoms with Gasteiger partial charge in [-0.3, -0.25) is 4.79 Å². The molecule has 0 aliphatic carbocycles. The minimum atomic E-state index is -0.0216. The van der Waals surface area contributed by atoms with Crippen molar-refractivity contribution in [3.8, 4) is 0 Å². The van der Waals surface area contributed by atoms with Crippen LogP contribution in [0.1, 0.15) is 12.8 Å². The van der Waals surface area contributed by atoms with Crippen LogP contribution < -0.4 is 5.32 Å². The largest absolute Gasteiger partial charge is 0.379 e. The summed E-state index contributed by atoms with van der Waals surface area (Å²) in [5.41, 5.74) is 0. The van der Waals surface area contributed by atoms with E-state index in [0.29, 0.717) is 19.3 Å². The van der Waals surface area contributed by atoms with Crippen LogP contribution >= 0.6 is 0 Å². The number of ether oxygens (including phenoxy) is 1. The van der Waals surface area contributed by atoms with Crippen LogP contribution in [0.25, 0.3) is 0 Å². The molecular weight excluding hydrogens is 230 g/mol. The Labute approximate surface area is 109 Å². The molecule has 18 heavy (non-hydrogen) atoms. The first-order valence-corrected chi connectivity index (χ1v) is 6.83. The molecule has 2 aliphatic rings. The monoisotopic (exact) mass is 255 g/mol. The highest BCUT2D eigenvalue weighted by molar-refractivity contribution is 5.79. The van der Waals surface area contributed by atoms with Crippen molar-refractivity contribution in [2.75, 3.05) is 47.4 Å². The molecule has 0 aromatic carbocycles. The van der Waals surface area contributed by atoms with E-state index in [0.717, 1.165) is 13.1 Å². The molecule has 0 aromatic rings. The molecule has 3 unspecified atom stereocenters. The normalized spacial score (nSPS) is 32.9. The Bertz CT molecular complexity index is 298. The van der Waals surface area contributed by atoms with E-state index >= 15 is 0 Å². The Balaban J connectivity index is 1.88. The second kappa shape index (κ2) is 5.99. The molecule has 0 spiro atoms. The van der Waals surface area contributed by atoms with Crippen LogP contribution in [0, 0.1) is 5.92 Å². The number of hydrogen-bond donors (Lipinski definition) is 1. The van der Waals surface area contributed by atoms with Gasteiger partial charge in [-0.05, 0) is 33.5 Å². The number of amides is 1. The molecule has 104 valence electrons. The average Bonchev–Trinajstić information content (AvgIpc) is 2.97. The van der Waals surface area contributed by atoms with Gasteiger partial charge in [-0.1, -0.05) is 0 Å². The predicted molar refractivity (Wildman–Crippen MR) is 70.4 cm³/mol. The minimum Gasteiger partial charge on any atom is -0.379 e. The lowest BCUT2D eigenvalue weighted by molar-refractivity contribution is -0.135. The third kappa shape index (κ3) is 2.84. The van der Waals surface area contributed by atoms with Gasteiger partial charge in [-0.15, -0.1) is 0 Å². The van der Waals surface area contributed by atoms with Gasteiger partial charge in [0.25, 0.3) is 0 Å². The summed E-state index contributed by atoms with van der Waals surface area (Å²) in [5.74, 6) is 0.193. The van der Waals surface area contributed by atoms with Crippen LogP contribution in [-0.4, -0.2) is 75.2 Å². The third-order valence-corrected chi connectivity index (χ3v) is 4.30. The smallest absolute Gasteiger partial charge is 0.229 e. The van der Waals surface area contributed by atoms with Crippen molar-refractivity contribution in [3.63, 3.8) is 0 Å². The first-order chi connectivity index (χ1) is 8.63. The van der Waals surface area contributed by atoms with E-state index in [2.05, 4.69) is 17.3 Å². The van der Waals surface area contributed by atoms with Gasteiger partial charge in [0, 0.05) is 25.7 Å². The fourth-order valence-corrected chi connectivity index (χ4v) is 2.98. The quantitative estimate of drug-likeness (QED) is 0.754. The Hall–Kier alpha value is -0.650. The molecule has 2 aliphatic heterocycles. The number of rotatable bonds is 4. The maximum atomic E-state index is 12.4. The summed E-state index contributed by atoms with van der Waals surface area (Å²) in [5, 5.41) is 3.17. The van der Waals surface area contributed by atoms with E-state index in [1.807, 2.05) is 19.0 Å². The highest BCUT2D eigenvalue weighted by Crippen LogP contribution is 2.19. The lowest BCUT2D eigenvalue weighted by atomic mass is 10.0. The van der Waals surface area contributed by atoms with Crippen molar-refractivity contribution < 1.29 is 9.53 Å². The molecule has 0 saturated carbocycles. The van der Waals surface area contributed by atoms with Gasteiger partial charge < -0.3 is 19.9 Å². The van der Waals surface area contributed by atoms with Gasteiger partial charge in [-0.2, -0.15) is 0 Å². The molecule has 2 saturated heterocycles. The fourth-order valence-electron chi connectivity index (χ4n) is 2.98. The summed E-state index contributed by atoms with van der Waals surface area (Å²) in [6.07, 6.45) is 2.44. The van der Waals surface area contributed by atoms with Crippen molar-refractivity contribution in [2.24, 2.45) is 5.92 Å². The first kappa shape index (κ1) is 13.8. The molecule has 1 N–H and O–H groups in total. The van der Waals surface area contributed by atoms with Crippen LogP contribution in [0.4, 0.5) is 0 Å². The van der Waals surface area contributed by atoms with Gasteiger partial charge in [0.05, 0.1) is 19.1 Å². The zero-order chi connectivity index (χ0) is 13.1. The van der Waals surface area contributed by atoms with Gasteiger partial charge in [-0.25, -0.2) is 0 Å². The standard InChI is InChI=1S/C13H25N3O2/c1-14-12-9-18-8-11(12)13(17)16(3)7-10-5-4-6-15(10)2/h10-12,14H,4-9H2,1-3H3. The van der Waals surface area contributed by atoms with Crippen molar-refractivity contribution in [1.29, 1.82) is 0 Å². The second-order valence-electron chi connectivity index (χ2n) is 5.53. The predicted octanol–water partition coefficient (Wildman–Crippen LogP) is -0.227. The topological polar surface area (TPSA) is 44.8 Å². The van der Waals surface area contributed by atoms with Crippen LogP contribution in [0.5, 0.6) is 0 Å². The lowest BCUT2D eigenvalue weighted by Gasteiger charge is -2.28. The summed E-state index contributed by atoms with van der Waals surface area (Å²) in [6.45, 7) is 3.18. The van der Waals surface area contributed by atoms with E-state index in [4.69, 9.17) is 4.74 Å². The minimum absolute atomic E-state index is 0.0216. The van der Waals surface area contributed by atoms with Gasteiger partial charge in [0.1, 0.15) is 0 Å². The summed E-state index contributed by atoms with van der Waals surface area (Å²) < 4.78 is 5.40. The van der Waals surface area contributed by atoms with E-state index in [9.17, 15) is 4.79 Å². The maximum Gasteiger partial charge on any atom is 0.229 e. The molecule has 5 heteroatoms. The Morgan fingerprint density at radius 1 is 1.50 bits per heavy atom. The van der Waals surface area contributed by atoms with Crippen LogP contribution in [0.2, 0.25) is 0 Å². The number of likely N-dealkylation sites (tertiary alicyclic amines) is 1. The third-order valence-electron chi connectivity index (χ3n) is 4.30. The van der Waals surface area contributed by atoms with Crippen LogP contribution in [-0.2, 0) is 9.53 Å². The summed E-state index contributed by atoms with van der Waals surface area (Å²) in [6, 6.07) is 0.690. The molecule has 2 heterocycles. The molecule has 0 aromatic heterocycles. The highest BCUT2D eigenvalue weighted by Gasteiger charge is 2.35. The number of carbonyl (C=O) groups excluding carboxylic acids is 1. The van der Waals surface area contributed by atoms with E-state index in [1.54, 1.807) is 0 Å². The first-order valence-electron chi connectivity index (χ1n) is 6.83. The Morgan fingerprint density at radius 3 is 2.89 bits per heavy atom. The van der Waals surface area contributed by atoms with Crippen LogP contribution in [0.15, 0.2) is 0 Å². The van der Waals surface area contributed by atoms with Crippen molar-refractivity contribution in [3.05, 3.63) is 0 Å². The van der Waals surface area contributed by atoms with E-state index < -0.39 is 0 Å². The molecule has 5 nitrogen and oxygen atoms in total. The fraction of sp³-hybridized carbons (Fsp3) is 0.923. The van der Waals surface area contributed by atoms with Gasteiger partial charge in [0.2, 0.25) is 5.91 Å².